The van der Waals surface area contributed by atoms with Crippen molar-refractivity contribution in [2.45, 2.75) is 38.7 Å². The Hall–Kier alpha value is -1.12. The van der Waals surface area contributed by atoms with Gasteiger partial charge in [-0.15, -0.1) is 0 Å². The molecule has 5 nitrogen and oxygen atoms in total. The number of aliphatic hydroxyl groups excluding tert-OH is 1. The van der Waals surface area contributed by atoms with Gasteiger partial charge < -0.3 is 14.9 Å². The molecule has 1 fully saturated rings. The molecule has 2 atom stereocenters. The number of rotatable bonds is 6. The van der Waals surface area contributed by atoms with Gasteiger partial charge in [-0.25, -0.2) is 0 Å². The van der Waals surface area contributed by atoms with Crippen LogP contribution in [0.2, 0.25) is 0 Å². The highest BCUT2D eigenvalue weighted by Gasteiger charge is 2.23. The first-order valence-electron chi connectivity index (χ1n) is 7.06. The van der Waals surface area contributed by atoms with Crippen LogP contribution < -0.4 is 0 Å². The van der Waals surface area contributed by atoms with Crippen molar-refractivity contribution in [1.82, 2.24) is 9.80 Å². The van der Waals surface area contributed by atoms with E-state index in [9.17, 15) is 9.90 Å². The first-order chi connectivity index (χ1) is 9.04. The van der Waals surface area contributed by atoms with Crippen molar-refractivity contribution in [3.63, 3.8) is 0 Å². The van der Waals surface area contributed by atoms with Gasteiger partial charge in [0.25, 0.3) is 0 Å². The van der Waals surface area contributed by atoms with E-state index >= 15 is 0 Å². The maximum atomic E-state index is 11.8. The molecule has 1 saturated heterocycles. The van der Waals surface area contributed by atoms with Crippen molar-refractivity contribution >= 4 is 5.91 Å². The summed E-state index contributed by atoms with van der Waals surface area (Å²) in [7, 11) is 1.74. The smallest absolute Gasteiger partial charge is 0.223 e. The molecule has 1 rings (SSSR count). The fourth-order valence-corrected chi connectivity index (χ4v) is 2.48. The highest BCUT2D eigenvalue weighted by molar-refractivity contribution is 5.76. The summed E-state index contributed by atoms with van der Waals surface area (Å²) in [5, 5.41) is 18.1. The van der Waals surface area contributed by atoms with Gasteiger partial charge in [-0.05, 0) is 32.2 Å². The molecule has 1 aliphatic heterocycles. The van der Waals surface area contributed by atoms with Gasteiger partial charge in [-0.3, -0.25) is 4.79 Å². The zero-order chi connectivity index (χ0) is 14.3. The molecule has 1 N–H and O–H groups in total. The second kappa shape index (κ2) is 8.13. The van der Waals surface area contributed by atoms with Crippen molar-refractivity contribution in [3.8, 4) is 6.07 Å². The Kier molecular flexibility index (Phi) is 6.82. The van der Waals surface area contributed by atoms with Crippen LogP contribution in [-0.4, -0.2) is 60.1 Å². The highest BCUT2D eigenvalue weighted by atomic mass is 16.3. The lowest BCUT2D eigenvalue weighted by Crippen LogP contribution is -2.41. The number of amides is 1. The lowest BCUT2D eigenvalue weighted by atomic mass is 9.93. The average molecular weight is 267 g/mol. The number of nitriles is 1. The second-order valence-corrected chi connectivity index (χ2v) is 5.42. The molecular weight excluding hydrogens is 242 g/mol. The Labute approximate surface area is 115 Å². The zero-order valence-corrected chi connectivity index (χ0v) is 12.0. The minimum atomic E-state index is -0.267. The number of piperidine rings is 1. The van der Waals surface area contributed by atoms with E-state index in [0.717, 1.165) is 32.5 Å². The predicted octanol–water partition coefficient (Wildman–Crippen LogP) is 0.841. The number of nitrogens with zero attached hydrogens (tertiary/aromatic N) is 3. The summed E-state index contributed by atoms with van der Waals surface area (Å²) in [5.41, 5.74) is 0. The van der Waals surface area contributed by atoms with Crippen LogP contribution >= 0.6 is 0 Å². The summed E-state index contributed by atoms with van der Waals surface area (Å²) in [6, 6.07) is 2.05. The Morgan fingerprint density at radius 3 is 3.00 bits per heavy atom. The Morgan fingerprint density at radius 2 is 2.37 bits per heavy atom. The molecule has 0 aromatic carbocycles. The molecule has 0 radical (unpaired) electrons. The number of aliphatic hydroxyl groups is 1. The van der Waals surface area contributed by atoms with Gasteiger partial charge in [-0.2, -0.15) is 5.26 Å². The van der Waals surface area contributed by atoms with Crippen molar-refractivity contribution in [3.05, 3.63) is 0 Å². The topological polar surface area (TPSA) is 67.6 Å². The number of hydrogen-bond donors (Lipinski definition) is 1. The third-order valence-electron chi connectivity index (χ3n) is 3.85. The van der Waals surface area contributed by atoms with E-state index in [1.807, 2.05) is 13.0 Å². The van der Waals surface area contributed by atoms with Crippen LogP contribution in [0.15, 0.2) is 0 Å². The molecule has 1 heterocycles. The van der Waals surface area contributed by atoms with E-state index < -0.39 is 0 Å². The Morgan fingerprint density at radius 1 is 1.63 bits per heavy atom. The van der Waals surface area contributed by atoms with Gasteiger partial charge in [0.05, 0.1) is 18.6 Å². The van der Waals surface area contributed by atoms with Crippen molar-refractivity contribution in [2.75, 3.05) is 33.2 Å². The van der Waals surface area contributed by atoms with Crippen LogP contribution in [0.3, 0.4) is 0 Å². The molecule has 19 heavy (non-hydrogen) atoms. The molecule has 0 spiro atoms. The second-order valence-electron chi connectivity index (χ2n) is 5.42. The third kappa shape index (κ3) is 5.58. The summed E-state index contributed by atoms with van der Waals surface area (Å²) in [6.07, 6.45) is 2.78. The van der Waals surface area contributed by atoms with Gasteiger partial charge in [0.15, 0.2) is 0 Å². The Bertz CT molecular complexity index is 325. The molecule has 0 aromatic rings. The fourth-order valence-electron chi connectivity index (χ4n) is 2.48. The molecule has 108 valence electrons. The van der Waals surface area contributed by atoms with Crippen LogP contribution in [0.25, 0.3) is 0 Å². The van der Waals surface area contributed by atoms with E-state index in [1.54, 1.807) is 11.9 Å². The number of carbonyl (C=O) groups excluding carboxylic acids is 1. The maximum absolute atomic E-state index is 11.8. The predicted molar refractivity (Wildman–Crippen MR) is 73.3 cm³/mol. The largest absolute Gasteiger partial charge is 0.393 e. The van der Waals surface area contributed by atoms with Crippen LogP contribution in [-0.2, 0) is 4.79 Å². The summed E-state index contributed by atoms with van der Waals surface area (Å²) in [5.74, 6) is 0.426. The number of carbonyl (C=O) groups is 1. The van der Waals surface area contributed by atoms with Gasteiger partial charge in [-0.1, -0.05) is 0 Å². The van der Waals surface area contributed by atoms with Crippen molar-refractivity contribution in [2.24, 2.45) is 5.92 Å². The first kappa shape index (κ1) is 15.9. The SMILES string of the molecule is CC(O)C1CCCN(CCC(=O)N(C)CCC#N)C1. The van der Waals surface area contributed by atoms with Gasteiger partial charge in [0.2, 0.25) is 5.91 Å². The lowest BCUT2D eigenvalue weighted by Gasteiger charge is -2.34. The first-order valence-corrected chi connectivity index (χ1v) is 7.06. The quantitative estimate of drug-likeness (QED) is 0.774. The molecule has 0 saturated carbocycles. The molecule has 0 aliphatic carbocycles. The zero-order valence-electron chi connectivity index (χ0n) is 12.0. The summed E-state index contributed by atoms with van der Waals surface area (Å²) < 4.78 is 0. The minimum Gasteiger partial charge on any atom is -0.393 e. The third-order valence-corrected chi connectivity index (χ3v) is 3.85. The fraction of sp³-hybridized carbons (Fsp3) is 0.857. The highest BCUT2D eigenvalue weighted by Crippen LogP contribution is 2.19. The van der Waals surface area contributed by atoms with E-state index in [1.165, 1.54) is 0 Å². The van der Waals surface area contributed by atoms with Gasteiger partial charge in [0.1, 0.15) is 0 Å². The van der Waals surface area contributed by atoms with E-state index in [-0.39, 0.29) is 12.0 Å². The minimum absolute atomic E-state index is 0.0921. The van der Waals surface area contributed by atoms with Crippen LogP contribution in [0.5, 0.6) is 0 Å². The van der Waals surface area contributed by atoms with Crippen molar-refractivity contribution in [1.29, 1.82) is 5.26 Å². The summed E-state index contributed by atoms with van der Waals surface area (Å²) in [4.78, 5) is 15.7. The summed E-state index contributed by atoms with van der Waals surface area (Å²) >= 11 is 0. The number of likely N-dealkylation sites (tertiary alicyclic amines) is 1. The molecule has 1 amide bonds. The lowest BCUT2D eigenvalue weighted by molar-refractivity contribution is -0.130. The standard InChI is InChI=1S/C14H25N3O2/c1-12(18)13-5-3-9-17(11-13)10-6-14(19)16(2)8-4-7-15/h12-13,18H,3-6,8-11H2,1-2H3. The van der Waals surface area contributed by atoms with Crippen LogP contribution in [0, 0.1) is 17.2 Å². The number of hydrogen-bond acceptors (Lipinski definition) is 4. The van der Waals surface area contributed by atoms with Crippen LogP contribution in [0.4, 0.5) is 0 Å². The van der Waals surface area contributed by atoms with E-state index in [4.69, 9.17) is 5.26 Å². The monoisotopic (exact) mass is 267 g/mol. The van der Waals surface area contributed by atoms with E-state index in [2.05, 4.69) is 4.90 Å². The van der Waals surface area contributed by atoms with E-state index in [0.29, 0.717) is 25.3 Å². The van der Waals surface area contributed by atoms with Crippen molar-refractivity contribution < 1.29 is 9.90 Å². The Balaban J connectivity index is 2.28. The molecule has 0 aromatic heterocycles. The van der Waals surface area contributed by atoms with Gasteiger partial charge >= 0.3 is 0 Å². The van der Waals surface area contributed by atoms with Gasteiger partial charge in [0, 0.05) is 33.1 Å². The average Bonchev–Trinajstić information content (AvgIpc) is 2.42. The molecule has 1 aliphatic rings. The summed E-state index contributed by atoms with van der Waals surface area (Å²) in [6.45, 7) is 4.99. The normalized spacial score (nSPS) is 21.7. The maximum Gasteiger partial charge on any atom is 0.223 e. The molecule has 0 bridgehead atoms. The molecule has 5 heteroatoms. The molecule has 2 unspecified atom stereocenters. The van der Waals surface area contributed by atoms with Crippen LogP contribution in [0.1, 0.15) is 32.6 Å². The molecular formula is C14H25N3O2.